The van der Waals surface area contributed by atoms with E-state index in [1.54, 1.807) is 13.0 Å². The van der Waals surface area contributed by atoms with Gasteiger partial charge in [-0.3, -0.25) is 10.1 Å². The van der Waals surface area contributed by atoms with Crippen molar-refractivity contribution in [1.82, 2.24) is 0 Å². The first-order valence-corrected chi connectivity index (χ1v) is 5.93. The lowest BCUT2D eigenvalue weighted by Gasteiger charge is -2.12. The molecule has 108 valence electrons. The molecule has 0 fully saturated rings. The summed E-state index contributed by atoms with van der Waals surface area (Å²) in [5.41, 5.74) is 0.682. The molecule has 0 unspecified atom stereocenters. The van der Waals surface area contributed by atoms with E-state index >= 15 is 0 Å². The van der Waals surface area contributed by atoms with E-state index in [1.165, 1.54) is 24.3 Å². The first-order valence-electron chi connectivity index (χ1n) is 5.93. The lowest BCUT2D eigenvalue weighted by atomic mass is 10.1. The van der Waals surface area contributed by atoms with Crippen molar-refractivity contribution in [2.24, 2.45) is 0 Å². The number of hydrogen-bond acceptors (Lipinski definition) is 4. The van der Waals surface area contributed by atoms with Gasteiger partial charge in [-0.15, -0.1) is 0 Å². The molecule has 0 amide bonds. The highest BCUT2D eigenvalue weighted by molar-refractivity contribution is 5.96. The third kappa shape index (κ3) is 3.14. The van der Waals surface area contributed by atoms with Crippen LogP contribution in [0.3, 0.4) is 0 Å². The maximum atomic E-state index is 13.2. The summed E-state index contributed by atoms with van der Waals surface area (Å²) in [6.45, 7) is 1.73. The molecule has 0 saturated heterocycles. The molecule has 0 aliphatic carbocycles. The molecule has 2 aromatic carbocycles. The molecule has 0 spiro atoms. The number of carboxylic acid groups (broad SMARTS) is 1. The molecule has 0 aliphatic rings. The van der Waals surface area contributed by atoms with Crippen LogP contribution in [0.25, 0.3) is 0 Å². The molecule has 21 heavy (non-hydrogen) atoms. The van der Waals surface area contributed by atoms with Crippen LogP contribution >= 0.6 is 0 Å². The first-order chi connectivity index (χ1) is 9.88. The summed E-state index contributed by atoms with van der Waals surface area (Å²) < 4.78 is 13.2. The van der Waals surface area contributed by atoms with Gasteiger partial charge >= 0.3 is 5.97 Å². The molecule has 0 aliphatic heterocycles. The number of nitro benzene ring substituents is 1. The minimum absolute atomic E-state index is 0.154. The van der Waals surface area contributed by atoms with Gasteiger partial charge in [-0.25, -0.2) is 9.18 Å². The molecule has 2 N–H and O–H groups in total. The Labute approximate surface area is 119 Å². The Morgan fingerprint density at radius 3 is 2.57 bits per heavy atom. The average Bonchev–Trinajstić information content (AvgIpc) is 2.42. The SMILES string of the molecule is Cc1ccc(F)cc1Nc1ccc([N+](=O)[O-])cc1C(=O)O. The first kappa shape index (κ1) is 14.4. The number of nitrogens with zero attached hydrogens (tertiary/aromatic N) is 1. The largest absolute Gasteiger partial charge is 0.478 e. The zero-order chi connectivity index (χ0) is 15.6. The number of halogens is 1. The van der Waals surface area contributed by atoms with Gasteiger partial charge in [-0.2, -0.15) is 0 Å². The van der Waals surface area contributed by atoms with Gasteiger partial charge in [-0.1, -0.05) is 6.07 Å². The third-order valence-corrected chi connectivity index (χ3v) is 2.91. The molecule has 0 radical (unpaired) electrons. The van der Waals surface area contributed by atoms with Gasteiger partial charge in [0.15, 0.2) is 0 Å². The average molecular weight is 290 g/mol. The molecule has 0 heterocycles. The molecule has 2 aromatic rings. The summed E-state index contributed by atoms with van der Waals surface area (Å²) in [6, 6.07) is 7.48. The Hall–Kier alpha value is -2.96. The molecule has 0 saturated carbocycles. The second-order valence-corrected chi connectivity index (χ2v) is 4.38. The summed E-state index contributed by atoms with van der Waals surface area (Å²) in [6.07, 6.45) is 0. The molecule has 0 bridgehead atoms. The second-order valence-electron chi connectivity index (χ2n) is 4.38. The molecule has 0 atom stereocenters. The fourth-order valence-corrected chi connectivity index (χ4v) is 1.81. The predicted octanol–water partition coefficient (Wildman–Crippen LogP) is 3.48. The molecular weight excluding hydrogens is 279 g/mol. The third-order valence-electron chi connectivity index (χ3n) is 2.91. The lowest BCUT2D eigenvalue weighted by Crippen LogP contribution is -2.04. The van der Waals surface area contributed by atoms with Gasteiger partial charge in [0.25, 0.3) is 5.69 Å². The van der Waals surface area contributed by atoms with Crippen LogP contribution in [0, 0.1) is 22.9 Å². The number of aromatic carboxylic acids is 1. The standard InChI is InChI=1S/C14H11FN2O4/c1-8-2-3-9(15)6-13(8)16-12-5-4-10(17(20)21)7-11(12)14(18)19/h2-7,16H,1H3,(H,18,19). The van der Waals surface area contributed by atoms with Crippen LogP contribution in [0.1, 0.15) is 15.9 Å². The smallest absolute Gasteiger partial charge is 0.338 e. The summed E-state index contributed by atoms with van der Waals surface area (Å²) in [5.74, 6) is -1.78. The number of hydrogen-bond donors (Lipinski definition) is 2. The summed E-state index contributed by atoms with van der Waals surface area (Å²) in [4.78, 5) is 21.2. The minimum Gasteiger partial charge on any atom is -0.478 e. The number of carboxylic acids is 1. The van der Waals surface area contributed by atoms with Crippen molar-refractivity contribution >= 4 is 23.0 Å². The van der Waals surface area contributed by atoms with E-state index < -0.39 is 16.7 Å². The monoisotopic (exact) mass is 290 g/mol. The fourth-order valence-electron chi connectivity index (χ4n) is 1.81. The van der Waals surface area contributed by atoms with Crippen molar-refractivity contribution in [2.75, 3.05) is 5.32 Å². The van der Waals surface area contributed by atoms with Gasteiger partial charge in [0, 0.05) is 17.8 Å². The molecular formula is C14H11FN2O4. The van der Waals surface area contributed by atoms with E-state index in [0.29, 0.717) is 11.3 Å². The van der Waals surface area contributed by atoms with Crippen molar-refractivity contribution < 1.29 is 19.2 Å². The predicted molar refractivity (Wildman–Crippen MR) is 74.5 cm³/mol. The van der Waals surface area contributed by atoms with E-state index in [4.69, 9.17) is 5.11 Å². The highest BCUT2D eigenvalue weighted by Crippen LogP contribution is 2.27. The number of nitro groups is 1. The van der Waals surface area contributed by atoms with E-state index in [9.17, 15) is 19.3 Å². The van der Waals surface area contributed by atoms with Crippen molar-refractivity contribution in [3.63, 3.8) is 0 Å². The summed E-state index contributed by atoms with van der Waals surface area (Å²) in [5, 5.41) is 22.6. The zero-order valence-corrected chi connectivity index (χ0v) is 11.0. The van der Waals surface area contributed by atoms with Crippen LogP contribution in [0.5, 0.6) is 0 Å². The number of nitrogens with one attached hydrogen (secondary N) is 1. The molecule has 7 heteroatoms. The summed E-state index contributed by atoms with van der Waals surface area (Å²) in [7, 11) is 0. The van der Waals surface area contributed by atoms with E-state index in [0.717, 1.165) is 6.07 Å². The van der Waals surface area contributed by atoms with Gasteiger partial charge in [0.05, 0.1) is 16.2 Å². The Bertz CT molecular complexity index is 731. The highest BCUT2D eigenvalue weighted by atomic mass is 19.1. The Morgan fingerprint density at radius 1 is 1.24 bits per heavy atom. The lowest BCUT2D eigenvalue weighted by molar-refractivity contribution is -0.384. The van der Waals surface area contributed by atoms with Gasteiger partial charge in [-0.05, 0) is 30.7 Å². The Balaban J connectivity index is 2.46. The van der Waals surface area contributed by atoms with E-state index in [-0.39, 0.29) is 16.9 Å². The van der Waals surface area contributed by atoms with Gasteiger partial charge < -0.3 is 10.4 Å². The maximum absolute atomic E-state index is 13.2. The van der Waals surface area contributed by atoms with Crippen molar-refractivity contribution in [3.05, 3.63) is 63.5 Å². The van der Waals surface area contributed by atoms with Crippen molar-refractivity contribution in [2.45, 2.75) is 6.92 Å². The van der Waals surface area contributed by atoms with Crippen LogP contribution in [-0.4, -0.2) is 16.0 Å². The quantitative estimate of drug-likeness (QED) is 0.664. The van der Waals surface area contributed by atoms with Gasteiger partial charge in [0.1, 0.15) is 5.82 Å². The second kappa shape index (κ2) is 5.58. The number of carbonyl (C=O) groups is 1. The van der Waals surface area contributed by atoms with Crippen LogP contribution in [0.2, 0.25) is 0 Å². The fraction of sp³-hybridized carbons (Fsp3) is 0.0714. The number of benzene rings is 2. The molecule has 2 rings (SSSR count). The Kier molecular flexibility index (Phi) is 3.84. The van der Waals surface area contributed by atoms with E-state index in [2.05, 4.69) is 5.32 Å². The number of anilines is 2. The number of aryl methyl sites for hydroxylation is 1. The Morgan fingerprint density at radius 2 is 1.95 bits per heavy atom. The highest BCUT2D eigenvalue weighted by Gasteiger charge is 2.16. The van der Waals surface area contributed by atoms with Crippen LogP contribution < -0.4 is 5.32 Å². The number of non-ortho nitro benzene ring substituents is 1. The van der Waals surface area contributed by atoms with Crippen molar-refractivity contribution in [3.8, 4) is 0 Å². The number of rotatable bonds is 4. The van der Waals surface area contributed by atoms with Crippen LogP contribution in [0.15, 0.2) is 36.4 Å². The summed E-state index contributed by atoms with van der Waals surface area (Å²) >= 11 is 0. The topological polar surface area (TPSA) is 92.5 Å². The van der Waals surface area contributed by atoms with Gasteiger partial charge in [0.2, 0.25) is 0 Å². The van der Waals surface area contributed by atoms with Crippen molar-refractivity contribution in [1.29, 1.82) is 0 Å². The maximum Gasteiger partial charge on any atom is 0.338 e. The molecule has 0 aromatic heterocycles. The normalized spacial score (nSPS) is 10.2. The minimum atomic E-state index is -1.31. The molecule has 6 nitrogen and oxygen atoms in total. The van der Waals surface area contributed by atoms with Crippen LogP contribution in [-0.2, 0) is 0 Å². The van der Waals surface area contributed by atoms with Crippen LogP contribution in [0.4, 0.5) is 21.5 Å². The zero-order valence-electron chi connectivity index (χ0n) is 11.0. The van der Waals surface area contributed by atoms with E-state index in [1.807, 2.05) is 0 Å².